The molecule has 2 aromatic carbocycles. The Morgan fingerprint density at radius 2 is 2.13 bits per heavy atom. The quantitative estimate of drug-likeness (QED) is 0.356. The predicted octanol–water partition coefficient (Wildman–Crippen LogP) is 6.17. The zero-order valence-electron chi connectivity index (χ0n) is 16.6. The highest BCUT2D eigenvalue weighted by molar-refractivity contribution is 7.21. The molecule has 0 bridgehead atoms. The molecule has 0 radical (unpaired) electrons. The van der Waals surface area contributed by atoms with Crippen LogP contribution in [0.25, 0.3) is 20.8 Å². The second-order valence-electron chi connectivity index (χ2n) is 7.39. The highest BCUT2D eigenvalue weighted by Gasteiger charge is 2.14. The molecule has 4 aromatic rings. The number of aryl methyl sites for hydroxylation is 1. The third kappa shape index (κ3) is 4.55. The molecule has 2 heterocycles. The molecule has 0 aliphatic rings. The molecular weight excluding hydrogens is 418 g/mol. The van der Waals surface area contributed by atoms with Crippen molar-refractivity contribution < 1.29 is 9.90 Å². The van der Waals surface area contributed by atoms with Crippen molar-refractivity contribution in [2.75, 3.05) is 0 Å². The molecule has 0 aliphatic carbocycles. The van der Waals surface area contributed by atoms with E-state index in [1.54, 1.807) is 23.5 Å². The molecule has 0 aliphatic heterocycles. The first kappa shape index (κ1) is 20.6. The number of imidazole rings is 1. The van der Waals surface area contributed by atoms with Crippen molar-refractivity contribution in [2.45, 2.75) is 32.7 Å². The number of aromatic carboxylic acids is 1. The van der Waals surface area contributed by atoms with E-state index < -0.39 is 5.97 Å². The van der Waals surface area contributed by atoms with E-state index >= 15 is 0 Å². The maximum absolute atomic E-state index is 11.4. The van der Waals surface area contributed by atoms with Crippen molar-refractivity contribution in [3.8, 4) is 10.6 Å². The zero-order chi connectivity index (χ0) is 21.1. The Hall–Kier alpha value is -2.70. The Morgan fingerprint density at radius 1 is 1.27 bits per heavy atom. The topological polar surface area (TPSA) is 68.0 Å². The van der Waals surface area contributed by atoms with Crippen molar-refractivity contribution in [3.05, 3.63) is 71.3 Å². The number of carboxylic acids is 1. The van der Waals surface area contributed by atoms with E-state index in [2.05, 4.69) is 34.7 Å². The first-order chi connectivity index (χ1) is 14.5. The van der Waals surface area contributed by atoms with E-state index in [4.69, 9.17) is 16.6 Å². The molecule has 0 saturated heterocycles. The number of aromatic nitrogens is 3. The van der Waals surface area contributed by atoms with Crippen molar-refractivity contribution >= 4 is 39.1 Å². The van der Waals surface area contributed by atoms with Gasteiger partial charge in [-0.2, -0.15) is 0 Å². The summed E-state index contributed by atoms with van der Waals surface area (Å²) in [5.74, 6) is -0.432. The SMILES string of the molecule is CCC(CCn1ccnc1)Cc1ccc2nc(-c3ccc(Cl)c(C(=O)O)c3)sc2c1. The van der Waals surface area contributed by atoms with Crippen LogP contribution >= 0.6 is 22.9 Å². The second-order valence-corrected chi connectivity index (χ2v) is 8.83. The molecule has 0 spiro atoms. The summed E-state index contributed by atoms with van der Waals surface area (Å²) < 4.78 is 3.23. The molecule has 1 atom stereocenters. The van der Waals surface area contributed by atoms with Crippen LogP contribution in [0.4, 0.5) is 0 Å². The highest BCUT2D eigenvalue weighted by atomic mass is 35.5. The minimum Gasteiger partial charge on any atom is -0.478 e. The first-order valence-electron chi connectivity index (χ1n) is 9.92. The van der Waals surface area contributed by atoms with Crippen LogP contribution in [0, 0.1) is 5.92 Å². The van der Waals surface area contributed by atoms with E-state index in [0.29, 0.717) is 5.92 Å². The van der Waals surface area contributed by atoms with Gasteiger partial charge in [0.25, 0.3) is 0 Å². The van der Waals surface area contributed by atoms with Gasteiger partial charge in [-0.25, -0.2) is 14.8 Å². The molecule has 0 saturated carbocycles. The lowest BCUT2D eigenvalue weighted by Gasteiger charge is -2.15. The Balaban J connectivity index is 1.53. The number of hydrogen-bond donors (Lipinski definition) is 1. The lowest BCUT2D eigenvalue weighted by molar-refractivity contribution is 0.0697. The minimum absolute atomic E-state index is 0.0952. The molecule has 154 valence electrons. The third-order valence-electron chi connectivity index (χ3n) is 5.35. The average molecular weight is 440 g/mol. The van der Waals surface area contributed by atoms with E-state index in [-0.39, 0.29) is 10.6 Å². The van der Waals surface area contributed by atoms with Gasteiger partial charge < -0.3 is 9.67 Å². The zero-order valence-corrected chi connectivity index (χ0v) is 18.2. The van der Waals surface area contributed by atoms with Crippen molar-refractivity contribution in [1.82, 2.24) is 14.5 Å². The Kier molecular flexibility index (Phi) is 6.16. The van der Waals surface area contributed by atoms with E-state index in [1.165, 1.54) is 5.56 Å². The summed E-state index contributed by atoms with van der Waals surface area (Å²) in [6.07, 6.45) is 8.95. The molecular formula is C23H22ClN3O2S. The van der Waals surface area contributed by atoms with Gasteiger partial charge in [-0.15, -0.1) is 11.3 Å². The summed E-state index contributed by atoms with van der Waals surface area (Å²) in [4.78, 5) is 20.2. The van der Waals surface area contributed by atoms with Crippen LogP contribution in [0.5, 0.6) is 0 Å². The van der Waals surface area contributed by atoms with Gasteiger partial charge in [0.2, 0.25) is 0 Å². The molecule has 0 fully saturated rings. The van der Waals surface area contributed by atoms with Crippen molar-refractivity contribution in [2.24, 2.45) is 5.92 Å². The Morgan fingerprint density at radius 3 is 2.87 bits per heavy atom. The van der Waals surface area contributed by atoms with Crippen molar-refractivity contribution in [1.29, 1.82) is 0 Å². The van der Waals surface area contributed by atoms with Crippen LogP contribution < -0.4 is 0 Å². The number of carboxylic acid groups (broad SMARTS) is 1. The fraction of sp³-hybridized carbons (Fsp3) is 0.261. The normalized spacial score (nSPS) is 12.3. The monoisotopic (exact) mass is 439 g/mol. The second kappa shape index (κ2) is 8.98. The fourth-order valence-electron chi connectivity index (χ4n) is 3.58. The molecule has 7 heteroatoms. The number of halogens is 1. The fourth-order valence-corrected chi connectivity index (χ4v) is 4.80. The molecule has 4 rings (SSSR count). The van der Waals surface area contributed by atoms with Crippen LogP contribution in [0.2, 0.25) is 5.02 Å². The number of hydrogen-bond acceptors (Lipinski definition) is 4. The standard InChI is InChI=1S/C23H22ClN3O2S/c1-2-15(7-9-27-10-8-25-14-27)11-16-3-6-20-21(12-16)30-22(26-20)17-4-5-19(24)18(13-17)23(28)29/h3-6,8,10,12-15H,2,7,9,11H2,1H3,(H,28,29). The average Bonchev–Trinajstić information content (AvgIpc) is 3.40. The van der Waals surface area contributed by atoms with Crippen LogP contribution in [-0.4, -0.2) is 25.6 Å². The number of rotatable bonds is 8. The summed E-state index contributed by atoms with van der Waals surface area (Å²) in [5, 5.41) is 10.4. The van der Waals surface area contributed by atoms with Crippen LogP contribution in [0.1, 0.15) is 35.7 Å². The Bertz CT molecular complexity index is 1170. The van der Waals surface area contributed by atoms with Crippen LogP contribution in [0.15, 0.2) is 55.1 Å². The smallest absolute Gasteiger partial charge is 0.337 e. The van der Waals surface area contributed by atoms with E-state index in [0.717, 1.165) is 46.6 Å². The molecule has 1 N–H and O–H groups in total. The molecule has 2 aromatic heterocycles. The molecule has 1 unspecified atom stereocenters. The van der Waals surface area contributed by atoms with E-state index in [1.807, 2.05) is 24.8 Å². The van der Waals surface area contributed by atoms with Gasteiger partial charge in [0.1, 0.15) is 5.01 Å². The number of nitrogens with zero attached hydrogens (tertiary/aromatic N) is 3. The summed E-state index contributed by atoms with van der Waals surface area (Å²) in [6, 6.07) is 11.4. The number of fused-ring (bicyclic) bond motifs is 1. The largest absolute Gasteiger partial charge is 0.478 e. The summed E-state index contributed by atoms with van der Waals surface area (Å²) >= 11 is 7.57. The lowest BCUT2D eigenvalue weighted by atomic mass is 9.94. The van der Waals surface area contributed by atoms with Crippen LogP contribution in [0.3, 0.4) is 0 Å². The predicted molar refractivity (Wildman–Crippen MR) is 121 cm³/mol. The van der Waals surface area contributed by atoms with Crippen LogP contribution in [-0.2, 0) is 13.0 Å². The molecule has 5 nitrogen and oxygen atoms in total. The highest BCUT2D eigenvalue weighted by Crippen LogP contribution is 2.33. The number of benzene rings is 2. The van der Waals surface area contributed by atoms with Gasteiger partial charge in [0.05, 0.1) is 27.1 Å². The third-order valence-corrected chi connectivity index (χ3v) is 6.75. The van der Waals surface area contributed by atoms with Gasteiger partial charge in [0, 0.05) is 24.5 Å². The van der Waals surface area contributed by atoms with Gasteiger partial charge in [0.15, 0.2) is 0 Å². The molecule has 30 heavy (non-hydrogen) atoms. The number of thiazole rings is 1. The first-order valence-corrected chi connectivity index (χ1v) is 11.1. The lowest BCUT2D eigenvalue weighted by Crippen LogP contribution is -2.07. The van der Waals surface area contributed by atoms with Gasteiger partial charge in [-0.3, -0.25) is 0 Å². The number of carbonyl (C=O) groups is 1. The van der Waals surface area contributed by atoms with E-state index in [9.17, 15) is 9.90 Å². The maximum atomic E-state index is 11.4. The van der Waals surface area contributed by atoms with Gasteiger partial charge in [-0.1, -0.05) is 37.1 Å². The molecule has 0 amide bonds. The van der Waals surface area contributed by atoms with Gasteiger partial charge in [-0.05, 0) is 48.6 Å². The Labute approximate surface area is 184 Å². The summed E-state index contributed by atoms with van der Waals surface area (Å²) in [5.41, 5.74) is 3.10. The van der Waals surface area contributed by atoms with Crippen molar-refractivity contribution in [3.63, 3.8) is 0 Å². The minimum atomic E-state index is -1.04. The summed E-state index contributed by atoms with van der Waals surface area (Å²) in [6.45, 7) is 3.22. The van der Waals surface area contributed by atoms with Gasteiger partial charge >= 0.3 is 5.97 Å². The summed E-state index contributed by atoms with van der Waals surface area (Å²) in [7, 11) is 0. The maximum Gasteiger partial charge on any atom is 0.337 e.